The van der Waals surface area contributed by atoms with Crippen LogP contribution in [-0.2, 0) is 9.53 Å². The number of aliphatic carboxylic acids is 1. The molecule has 3 nitrogen and oxygen atoms in total. The molecular weight excluding hydrogens is 237 g/mol. The molecule has 8 heavy (non-hydrogen) atoms. The fourth-order valence-corrected chi connectivity index (χ4v) is 0.189. The van der Waals surface area contributed by atoms with E-state index < -0.39 is 5.97 Å². The summed E-state index contributed by atoms with van der Waals surface area (Å²) in [5.74, 6) is -0.915. The number of hydrogen-bond donors (Lipinski definition) is 1. The van der Waals surface area contributed by atoms with Crippen molar-refractivity contribution in [1.82, 2.24) is 0 Å². The van der Waals surface area contributed by atoms with Gasteiger partial charge in [-0.25, -0.2) is 4.79 Å². The van der Waals surface area contributed by atoms with Crippen LogP contribution in [0.25, 0.3) is 0 Å². The summed E-state index contributed by atoms with van der Waals surface area (Å²) < 4.78 is 4.50. The topological polar surface area (TPSA) is 46.5 Å². The average Bonchev–Trinajstić information content (AvgIpc) is 1.61. The van der Waals surface area contributed by atoms with Crippen LogP contribution in [0, 0.1) is 41.3 Å². The van der Waals surface area contributed by atoms with Gasteiger partial charge in [-0.05, 0) is 6.92 Å². The van der Waals surface area contributed by atoms with Crippen LogP contribution in [0.1, 0.15) is 6.92 Å². The molecule has 0 unspecified atom stereocenters. The SMILES string of the molecule is CCOCC(=O)O.[Pr]. The maximum Gasteiger partial charge on any atom is 0.329 e. The molecule has 0 aromatic carbocycles. The normalized spacial score (nSPS) is 7.62. The summed E-state index contributed by atoms with van der Waals surface area (Å²) in [6, 6.07) is 0. The number of rotatable bonds is 3. The van der Waals surface area contributed by atoms with Gasteiger partial charge >= 0.3 is 5.97 Å². The van der Waals surface area contributed by atoms with Crippen LogP contribution < -0.4 is 0 Å². The molecule has 4 heteroatoms. The van der Waals surface area contributed by atoms with Crippen molar-refractivity contribution < 1.29 is 55.9 Å². The van der Waals surface area contributed by atoms with Gasteiger partial charge in [0.25, 0.3) is 0 Å². The fraction of sp³-hybridized carbons (Fsp3) is 0.750. The second-order valence-electron chi connectivity index (χ2n) is 1.03. The Balaban J connectivity index is 0. The molecular formula is C4H8O3Pr. The van der Waals surface area contributed by atoms with Gasteiger partial charge in [0.2, 0.25) is 0 Å². The molecule has 0 heterocycles. The molecule has 0 saturated carbocycles. The molecule has 0 aliphatic carbocycles. The molecule has 0 aromatic rings. The molecule has 45 valence electrons. The van der Waals surface area contributed by atoms with Crippen LogP contribution in [0.4, 0.5) is 0 Å². The van der Waals surface area contributed by atoms with E-state index in [2.05, 4.69) is 4.74 Å². The molecule has 0 rings (SSSR count). The van der Waals surface area contributed by atoms with Gasteiger partial charge in [0.1, 0.15) is 6.61 Å². The number of hydrogen-bond acceptors (Lipinski definition) is 2. The first kappa shape index (κ1) is 11.6. The molecule has 0 aliphatic rings. The van der Waals surface area contributed by atoms with Crippen LogP contribution in [-0.4, -0.2) is 24.3 Å². The zero-order chi connectivity index (χ0) is 5.70. The van der Waals surface area contributed by atoms with Gasteiger partial charge < -0.3 is 9.84 Å². The van der Waals surface area contributed by atoms with Gasteiger partial charge in [0.05, 0.1) is 0 Å². The molecule has 0 aromatic heterocycles. The number of carboxylic acids is 1. The molecule has 1 radical (unpaired) electrons. The monoisotopic (exact) mass is 245 g/mol. The summed E-state index contributed by atoms with van der Waals surface area (Å²) in [7, 11) is 0. The maximum absolute atomic E-state index is 9.63. The van der Waals surface area contributed by atoms with E-state index in [1.54, 1.807) is 6.92 Å². The molecule has 0 aliphatic heterocycles. The Morgan fingerprint density at radius 3 is 2.38 bits per heavy atom. The van der Waals surface area contributed by atoms with Crippen LogP contribution >= 0.6 is 0 Å². The Hall–Kier alpha value is 0.794. The van der Waals surface area contributed by atoms with Crippen LogP contribution in [0.2, 0.25) is 0 Å². The summed E-state index contributed by atoms with van der Waals surface area (Å²) in [5, 5.41) is 7.92. The van der Waals surface area contributed by atoms with E-state index in [0.29, 0.717) is 6.61 Å². The summed E-state index contributed by atoms with van der Waals surface area (Å²) in [6.45, 7) is 2.03. The van der Waals surface area contributed by atoms with Gasteiger partial charge in [0.15, 0.2) is 0 Å². The van der Waals surface area contributed by atoms with E-state index >= 15 is 0 Å². The second kappa shape index (κ2) is 7.79. The number of ether oxygens (including phenoxy) is 1. The van der Waals surface area contributed by atoms with E-state index in [4.69, 9.17) is 5.11 Å². The van der Waals surface area contributed by atoms with Gasteiger partial charge in [-0.2, -0.15) is 0 Å². The first-order chi connectivity index (χ1) is 3.27. The standard InChI is InChI=1S/C4H8O3.Pr/c1-2-7-3-4(5)6;/h2-3H2,1H3,(H,5,6);. The molecule has 0 spiro atoms. The molecule has 0 atom stereocenters. The van der Waals surface area contributed by atoms with E-state index in [1.165, 1.54) is 0 Å². The summed E-state index contributed by atoms with van der Waals surface area (Å²) >= 11 is 0. The van der Waals surface area contributed by atoms with Gasteiger partial charge in [0, 0.05) is 47.9 Å². The average molecular weight is 245 g/mol. The smallest absolute Gasteiger partial charge is 0.329 e. The van der Waals surface area contributed by atoms with E-state index in [1.807, 2.05) is 0 Å². The quantitative estimate of drug-likeness (QED) is 0.767. The van der Waals surface area contributed by atoms with Crippen molar-refractivity contribution in [2.75, 3.05) is 13.2 Å². The Bertz CT molecular complexity index is 64.3. The zero-order valence-electron chi connectivity index (χ0n) is 4.76. The van der Waals surface area contributed by atoms with E-state index in [0.717, 1.165) is 0 Å². The summed E-state index contributed by atoms with van der Waals surface area (Å²) in [4.78, 5) is 9.63. The van der Waals surface area contributed by atoms with Crippen molar-refractivity contribution in [2.24, 2.45) is 0 Å². The fourth-order valence-electron chi connectivity index (χ4n) is 0.189. The molecule has 0 amide bonds. The molecule has 0 bridgehead atoms. The number of carbonyl (C=O) groups is 1. The third kappa shape index (κ3) is 9.92. The van der Waals surface area contributed by atoms with E-state index in [9.17, 15) is 4.79 Å². The van der Waals surface area contributed by atoms with Crippen molar-refractivity contribution in [3.05, 3.63) is 0 Å². The molecule has 0 saturated heterocycles. The van der Waals surface area contributed by atoms with Crippen LogP contribution in [0.3, 0.4) is 0 Å². The van der Waals surface area contributed by atoms with Crippen molar-refractivity contribution in [1.29, 1.82) is 0 Å². The second-order valence-corrected chi connectivity index (χ2v) is 1.03. The van der Waals surface area contributed by atoms with Crippen molar-refractivity contribution in [3.63, 3.8) is 0 Å². The zero-order valence-corrected chi connectivity index (χ0v) is 8.46. The van der Waals surface area contributed by atoms with E-state index in [-0.39, 0.29) is 47.9 Å². The van der Waals surface area contributed by atoms with Crippen LogP contribution in [0.15, 0.2) is 0 Å². The van der Waals surface area contributed by atoms with Gasteiger partial charge in [-0.15, -0.1) is 0 Å². The Morgan fingerprint density at radius 2 is 2.25 bits per heavy atom. The summed E-state index contributed by atoms with van der Waals surface area (Å²) in [5.41, 5.74) is 0. The number of carboxylic acid groups (broad SMARTS) is 1. The summed E-state index contributed by atoms with van der Waals surface area (Å²) in [6.07, 6.45) is 0. The van der Waals surface area contributed by atoms with Gasteiger partial charge in [-0.3, -0.25) is 0 Å². The third-order valence-corrected chi connectivity index (χ3v) is 0.430. The van der Waals surface area contributed by atoms with Crippen molar-refractivity contribution >= 4 is 5.97 Å². The predicted molar refractivity (Wildman–Crippen MR) is 24.1 cm³/mol. The minimum absolute atomic E-state index is 0. The first-order valence-electron chi connectivity index (χ1n) is 2.07. The maximum atomic E-state index is 9.63. The minimum Gasteiger partial charge on any atom is -0.480 e. The Morgan fingerprint density at radius 1 is 1.75 bits per heavy atom. The largest absolute Gasteiger partial charge is 0.480 e. The molecule has 0 fully saturated rings. The molecule has 1 N–H and O–H groups in total. The predicted octanol–water partition coefficient (Wildman–Crippen LogP) is 0.108. The first-order valence-corrected chi connectivity index (χ1v) is 2.07. The minimum atomic E-state index is -0.915. The van der Waals surface area contributed by atoms with Crippen molar-refractivity contribution in [2.45, 2.75) is 6.92 Å². The third-order valence-electron chi connectivity index (χ3n) is 0.430. The van der Waals surface area contributed by atoms with Crippen molar-refractivity contribution in [3.8, 4) is 0 Å². The Labute approximate surface area is 81.4 Å². The van der Waals surface area contributed by atoms with Crippen LogP contribution in [0.5, 0.6) is 0 Å². The van der Waals surface area contributed by atoms with Gasteiger partial charge in [-0.1, -0.05) is 0 Å². The Kier molecular flexibility index (Phi) is 11.3.